The Morgan fingerprint density at radius 2 is 2.00 bits per heavy atom. The molecular weight excluding hydrogens is 280 g/mol. The van der Waals surface area contributed by atoms with Crippen molar-refractivity contribution in [2.24, 2.45) is 5.73 Å². The fourth-order valence-corrected chi connectivity index (χ4v) is 2.90. The van der Waals surface area contributed by atoms with E-state index in [9.17, 15) is 0 Å². The third kappa shape index (κ3) is 5.50. The van der Waals surface area contributed by atoms with Crippen LogP contribution in [0.25, 0.3) is 0 Å². The molecule has 0 saturated carbocycles. The van der Waals surface area contributed by atoms with Gasteiger partial charge in [0.1, 0.15) is 5.75 Å². The van der Waals surface area contributed by atoms with Crippen LogP contribution in [-0.2, 0) is 13.0 Å². The summed E-state index contributed by atoms with van der Waals surface area (Å²) in [6.07, 6.45) is 2.16. The fourth-order valence-electron chi connectivity index (χ4n) is 2.20. The van der Waals surface area contributed by atoms with Gasteiger partial charge >= 0.3 is 0 Å². The van der Waals surface area contributed by atoms with Gasteiger partial charge < -0.3 is 15.4 Å². The van der Waals surface area contributed by atoms with Crippen molar-refractivity contribution in [3.05, 3.63) is 52.2 Å². The minimum atomic E-state index is 0.525. The van der Waals surface area contributed by atoms with Gasteiger partial charge in [-0.1, -0.05) is 24.3 Å². The van der Waals surface area contributed by atoms with Gasteiger partial charge in [-0.25, -0.2) is 0 Å². The lowest BCUT2D eigenvalue weighted by atomic mass is 10.2. The molecule has 3 nitrogen and oxygen atoms in total. The Morgan fingerprint density at radius 3 is 2.76 bits per heavy atom. The zero-order valence-electron chi connectivity index (χ0n) is 12.6. The Morgan fingerprint density at radius 1 is 1.14 bits per heavy atom. The van der Waals surface area contributed by atoms with Crippen molar-refractivity contribution >= 4 is 11.3 Å². The second-order valence-electron chi connectivity index (χ2n) is 5.15. The molecule has 0 bridgehead atoms. The zero-order valence-corrected chi connectivity index (χ0v) is 13.4. The molecule has 1 aromatic heterocycles. The molecule has 0 aliphatic rings. The SMILES string of the molecule is CN(CCCOc1ccccc1CN)CCc1cccs1. The molecule has 0 fully saturated rings. The molecule has 1 heterocycles. The summed E-state index contributed by atoms with van der Waals surface area (Å²) in [4.78, 5) is 3.81. The number of rotatable bonds is 9. The Balaban J connectivity index is 1.62. The summed E-state index contributed by atoms with van der Waals surface area (Å²) >= 11 is 1.83. The number of hydrogen-bond acceptors (Lipinski definition) is 4. The molecule has 0 atom stereocenters. The smallest absolute Gasteiger partial charge is 0.123 e. The molecule has 2 aromatic rings. The average Bonchev–Trinajstić information content (AvgIpc) is 3.03. The summed E-state index contributed by atoms with van der Waals surface area (Å²) in [5.74, 6) is 0.918. The van der Waals surface area contributed by atoms with Gasteiger partial charge in [0.25, 0.3) is 0 Å². The van der Waals surface area contributed by atoms with E-state index in [0.29, 0.717) is 6.54 Å². The first kappa shape index (κ1) is 16.0. The highest BCUT2D eigenvalue weighted by atomic mass is 32.1. The predicted octanol–water partition coefficient (Wildman–Crippen LogP) is 3.15. The molecule has 0 radical (unpaired) electrons. The monoisotopic (exact) mass is 304 g/mol. The lowest BCUT2D eigenvalue weighted by molar-refractivity contribution is 0.263. The largest absolute Gasteiger partial charge is 0.493 e. The highest BCUT2D eigenvalue weighted by Gasteiger charge is 2.03. The van der Waals surface area contributed by atoms with Crippen LogP contribution >= 0.6 is 11.3 Å². The third-order valence-corrected chi connectivity index (χ3v) is 4.39. The number of benzene rings is 1. The van der Waals surface area contributed by atoms with Crippen molar-refractivity contribution in [1.82, 2.24) is 4.90 Å². The van der Waals surface area contributed by atoms with E-state index < -0.39 is 0 Å². The normalized spacial score (nSPS) is 11.0. The van der Waals surface area contributed by atoms with Crippen molar-refractivity contribution < 1.29 is 4.74 Å². The molecule has 2 rings (SSSR count). The Bertz CT molecular complexity index is 513. The van der Waals surface area contributed by atoms with Crippen LogP contribution in [0.15, 0.2) is 41.8 Å². The number of likely N-dealkylation sites (N-methyl/N-ethyl adjacent to an activating group) is 1. The number of hydrogen-bond donors (Lipinski definition) is 1. The van der Waals surface area contributed by atoms with E-state index in [-0.39, 0.29) is 0 Å². The summed E-state index contributed by atoms with van der Waals surface area (Å²) in [5.41, 5.74) is 6.77. The van der Waals surface area contributed by atoms with Gasteiger partial charge in [-0.3, -0.25) is 0 Å². The summed E-state index contributed by atoms with van der Waals surface area (Å²) in [7, 11) is 2.17. The summed E-state index contributed by atoms with van der Waals surface area (Å²) in [6, 6.07) is 12.3. The van der Waals surface area contributed by atoms with Gasteiger partial charge in [-0.2, -0.15) is 0 Å². The molecule has 4 heteroatoms. The molecule has 0 unspecified atom stereocenters. The summed E-state index contributed by atoms with van der Waals surface area (Å²) < 4.78 is 5.82. The van der Waals surface area contributed by atoms with Gasteiger partial charge in [0.2, 0.25) is 0 Å². The second-order valence-corrected chi connectivity index (χ2v) is 6.18. The van der Waals surface area contributed by atoms with Gasteiger partial charge in [-0.05, 0) is 37.4 Å². The van der Waals surface area contributed by atoms with Gasteiger partial charge in [0.05, 0.1) is 6.61 Å². The van der Waals surface area contributed by atoms with Crippen molar-refractivity contribution in [3.8, 4) is 5.75 Å². The van der Waals surface area contributed by atoms with E-state index in [1.165, 1.54) is 4.88 Å². The van der Waals surface area contributed by atoms with Crippen LogP contribution in [0.1, 0.15) is 16.9 Å². The molecule has 0 aliphatic heterocycles. The maximum Gasteiger partial charge on any atom is 0.123 e. The van der Waals surface area contributed by atoms with Crippen LogP contribution in [0.2, 0.25) is 0 Å². The number of ether oxygens (including phenoxy) is 1. The summed E-state index contributed by atoms with van der Waals surface area (Å²) in [6.45, 7) is 3.41. The van der Waals surface area contributed by atoms with E-state index in [1.54, 1.807) is 0 Å². The van der Waals surface area contributed by atoms with Crippen LogP contribution < -0.4 is 10.5 Å². The average molecular weight is 304 g/mol. The van der Waals surface area contributed by atoms with E-state index in [2.05, 4.69) is 29.5 Å². The van der Waals surface area contributed by atoms with E-state index >= 15 is 0 Å². The molecule has 21 heavy (non-hydrogen) atoms. The van der Waals surface area contributed by atoms with Crippen LogP contribution in [-0.4, -0.2) is 31.6 Å². The molecule has 2 N–H and O–H groups in total. The number of nitrogens with zero attached hydrogens (tertiary/aromatic N) is 1. The number of para-hydroxylation sites is 1. The van der Waals surface area contributed by atoms with E-state index in [1.807, 2.05) is 35.6 Å². The first-order valence-electron chi connectivity index (χ1n) is 7.41. The standard InChI is InChI=1S/C17H24N2OS/c1-19(11-9-16-7-4-13-21-16)10-5-12-20-17-8-3-2-6-15(17)14-18/h2-4,6-8,13H,5,9-12,14,18H2,1H3. The van der Waals surface area contributed by atoms with Crippen molar-refractivity contribution in [1.29, 1.82) is 0 Å². The van der Waals surface area contributed by atoms with Crippen LogP contribution in [0.5, 0.6) is 5.75 Å². The highest BCUT2D eigenvalue weighted by molar-refractivity contribution is 7.09. The maximum atomic E-state index is 5.82. The second kappa shape index (κ2) is 8.82. The van der Waals surface area contributed by atoms with Gasteiger partial charge in [0, 0.05) is 30.1 Å². The third-order valence-electron chi connectivity index (χ3n) is 3.45. The lowest BCUT2D eigenvalue weighted by Gasteiger charge is -2.16. The summed E-state index contributed by atoms with van der Waals surface area (Å²) in [5, 5.41) is 2.14. The lowest BCUT2D eigenvalue weighted by Crippen LogP contribution is -2.23. The van der Waals surface area contributed by atoms with Crippen molar-refractivity contribution in [2.45, 2.75) is 19.4 Å². The molecule has 0 aliphatic carbocycles. The maximum absolute atomic E-state index is 5.82. The van der Waals surface area contributed by atoms with E-state index in [0.717, 1.165) is 43.9 Å². The first-order chi connectivity index (χ1) is 10.3. The highest BCUT2D eigenvalue weighted by Crippen LogP contribution is 2.17. The molecule has 0 spiro atoms. The minimum Gasteiger partial charge on any atom is -0.493 e. The van der Waals surface area contributed by atoms with Crippen LogP contribution in [0.3, 0.4) is 0 Å². The molecular formula is C17H24N2OS. The number of nitrogens with two attached hydrogens (primary N) is 1. The Kier molecular flexibility index (Phi) is 6.73. The molecule has 1 aromatic carbocycles. The van der Waals surface area contributed by atoms with Crippen molar-refractivity contribution in [3.63, 3.8) is 0 Å². The Hall–Kier alpha value is -1.36. The molecule has 0 saturated heterocycles. The fraction of sp³-hybridized carbons (Fsp3) is 0.412. The number of thiophene rings is 1. The van der Waals surface area contributed by atoms with Gasteiger partial charge in [0.15, 0.2) is 0 Å². The first-order valence-corrected chi connectivity index (χ1v) is 8.29. The van der Waals surface area contributed by atoms with Crippen LogP contribution in [0, 0.1) is 0 Å². The van der Waals surface area contributed by atoms with Gasteiger partial charge in [-0.15, -0.1) is 11.3 Å². The minimum absolute atomic E-state index is 0.525. The van der Waals surface area contributed by atoms with E-state index in [4.69, 9.17) is 10.5 Å². The topological polar surface area (TPSA) is 38.5 Å². The Labute approximate surface area is 131 Å². The van der Waals surface area contributed by atoms with Crippen LogP contribution in [0.4, 0.5) is 0 Å². The zero-order chi connectivity index (χ0) is 14.9. The van der Waals surface area contributed by atoms with Crippen molar-refractivity contribution in [2.75, 3.05) is 26.7 Å². The predicted molar refractivity (Wildman–Crippen MR) is 90.0 cm³/mol. The molecule has 114 valence electrons. The quantitative estimate of drug-likeness (QED) is 0.723. The molecule has 0 amide bonds.